The minimum atomic E-state index is -4.07. The minimum absolute atomic E-state index is 0.00562. The monoisotopic (exact) mass is 534 g/mol. The van der Waals surface area contributed by atoms with Crippen molar-refractivity contribution in [2.75, 3.05) is 25.0 Å². The van der Waals surface area contributed by atoms with Gasteiger partial charge in [0.2, 0.25) is 15.0 Å². The van der Waals surface area contributed by atoms with E-state index in [1.165, 1.54) is 45.2 Å². The lowest BCUT2D eigenvalue weighted by atomic mass is 10.1. The minimum Gasteiger partial charge on any atom is -0.489 e. The highest BCUT2D eigenvalue weighted by Crippen LogP contribution is 2.35. The van der Waals surface area contributed by atoms with E-state index in [1.807, 2.05) is 0 Å². The summed E-state index contributed by atoms with van der Waals surface area (Å²) in [6.07, 6.45) is 1.31. The van der Waals surface area contributed by atoms with Crippen LogP contribution in [0.5, 0.6) is 5.75 Å². The molecule has 0 spiro atoms. The largest absolute Gasteiger partial charge is 0.489 e. The average molecular weight is 535 g/mol. The molecule has 5 rings (SSSR count). The molecule has 2 aromatic heterocycles. The van der Waals surface area contributed by atoms with Crippen molar-refractivity contribution in [3.8, 4) is 5.75 Å². The Morgan fingerprint density at radius 2 is 2.03 bits per heavy atom. The second-order valence-corrected chi connectivity index (χ2v) is 11.7. The molecule has 14 heteroatoms. The van der Waals surface area contributed by atoms with Gasteiger partial charge in [0.05, 0.1) is 6.61 Å². The van der Waals surface area contributed by atoms with Crippen LogP contribution < -0.4 is 14.8 Å². The number of ether oxygens (including phenoxy) is 1. The predicted octanol–water partition coefficient (Wildman–Crippen LogP) is 1.70. The molecule has 36 heavy (non-hydrogen) atoms. The number of carbonyl (C=O) groups is 2. The molecule has 1 aromatic carbocycles. The van der Waals surface area contributed by atoms with Gasteiger partial charge in [0.25, 0.3) is 11.8 Å². The quantitative estimate of drug-likeness (QED) is 0.522. The van der Waals surface area contributed by atoms with E-state index in [-0.39, 0.29) is 52.9 Å². The van der Waals surface area contributed by atoms with Crippen molar-refractivity contribution < 1.29 is 27.1 Å². The van der Waals surface area contributed by atoms with Crippen LogP contribution in [-0.2, 0) is 17.1 Å². The van der Waals surface area contributed by atoms with Crippen molar-refractivity contribution in [1.82, 2.24) is 24.4 Å². The Labute approximate surface area is 210 Å². The zero-order valence-corrected chi connectivity index (χ0v) is 21.2. The summed E-state index contributed by atoms with van der Waals surface area (Å²) in [4.78, 5) is 27.3. The lowest BCUT2D eigenvalue weighted by Gasteiger charge is -2.23. The molecule has 2 N–H and O–H groups in total. The third-order valence-corrected chi connectivity index (χ3v) is 8.52. The smallest absolute Gasteiger partial charge is 0.284 e. The van der Waals surface area contributed by atoms with Crippen molar-refractivity contribution in [3.05, 3.63) is 51.5 Å². The van der Waals surface area contributed by atoms with Crippen LogP contribution in [0.3, 0.4) is 0 Å². The van der Waals surface area contributed by atoms with Crippen molar-refractivity contribution in [3.63, 3.8) is 0 Å². The van der Waals surface area contributed by atoms with Crippen LogP contribution in [0.1, 0.15) is 30.9 Å². The molecule has 0 unspecified atom stereocenters. The fraction of sp³-hybridized carbons (Fsp3) is 0.364. The second kappa shape index (κ2) is 8.94. The summed E-state index contributed by atoms with van der Waals surface area (Å²) in [6, 6.07) is 3.57. The summed E-state index contributed by atoms with van der Waals surface area (Å²) in [5, 5.41) is 11.3. The number of aryl methyl sites for hydroxylation is 3. The molecule has 3 aromatic rings. The number of hydrogen-bond donors (Lipinski definition) is 2. The van der Waals surface area contributed by atoms with E-state index in [4.69, 9.17) is 4.74 Å². The maximum absolute atomic E-state index is 13.6. The summed E-state index contributed by atoms with van der Waals surface area (Å²) in [6.45, 7) is 3.81. The molecular formula is C22H23FN6O5S2. The Kier molecular flexibility index (Phi) is 6.04. The fourth-order valence-corrected chi connectivity index (χ4v) is 6.54. The first-order chi connectivity index (χ1) is 17.0. The van der Waals surface area contributed by atoms with Gasteiger partial charge in [-0.15, -0.1) is 10.2 Å². The van der Waals surface area contributed by atoms with Gasteiger partial charge in [-0.25, -0.2) is 17.5 Å². The Bertz CT molecular complexity index is 1480. The van der Waals surface area contributed by atoms with Crippen LogP contribution in [0.15, 0.2) is 29.3 Å². The summed E-state index contributed by atoms with van der Waals surface area (Å²) in [5.74, 6) is -1.75. The van der Waals surface area contributed by atoms with E-state index in [2.05, 4.69) is 20.2 Å². The molecule has 1 fully saturated rings. The molecule has 0 radical (unpaired) electrons. The average Bonchev–Trinajstić information content (AvgIpc) is 3.50. The van der Waals surface area contributed by atoms with E-state index < -0.39 is 27.8 Å². The van der Waals surface area contributed by atoms with Gasteiger partial charge < -0.3 is 19.5 Å². The van der Waals surface area contributed by atoms with E-state index in [9.17, 15) is 22.4 Å². The molecule has 2 atom stereocenters. The van der Waals surface area contributed by atoms with Crippen LogP contribution in [0, 0.1) is 25.6 Å². The number of fused-ring (bicyclic) bond motifs is 2. The number of likely N-dealkylation sites (tertiary alicyclic amines) is 1. The topological polar surface area (TPSA) is 136 Å². The molecule has 190 valence electrons. The molecule has 0 bridgehead atoms. The Morgan fingerprint density at radius 3 is 2.72 bits per heavy atom. The van der Waals surface area contributed by atoms with Gasteiger partial charge in [0, 0.05) is 44.0 Å². The molecular weight excluding hydrogens is 511 g/mol. The van der Waals surface area contributed by atoms with Gasteiger partial charge in [-0.2, -0.15) is 0 Å². The van der Waals surface area contributed by atoms with Crippen molar-refractivity contribution in [1.29, 1.82) is 0 Å². The number of nitrogens with zero attached hydrogens (tertiary/aromatic N) is 4. The number of nitrogens with one attached hydrogen (secondary N) is 2. The van der Waals surface area contributed by atoms with Gasteiger partial charge in [0.1, 0.15) is 15.7 Å². The zero-order valence-electron chi connectivity index (χ0n) is 19.6. The molecule has 2 aliphatic heterocycles. The van der Waals surface area contributed by atoms with Crippen molar-refractivity contribution in [2.45, 2.75) is 24.8 Å². The molecule has 2 amide bonds. The first-order valence-electron chi connectivity index (χ1n) is 11.0. The summed E-state index contributed by atoms with van der Waals surface area (Å²) < 4.78 is 50.1. The number of aromatic nitrogens is 3. The zero-order chi connectivity index (χ0) is 25.8. The maximum atomic E-state index is 13.6. The SMILES string of the molecule is Cc1nnc(C(=O)N2C[C@@H]3COc4c(cn(C)c4C(=O)Nc4ccc(F)c(C)c4)S(=O)(=O)N[C@@H]3C2)s1. The van der Waals surface area contributed by atoms with Crippen LogP contribution in [0.25, 0.3) is 0 Å². The number of rotatable bonds is 3. The normalized spacial score (nSPS) is 20.6. The molecule has 11 nitrogen and oxygen atoms in total. The molecule has 4 heterocycles. The lowest BCUT2D eigenvalue weighted by Crippen LogP contribution is -2.43. The number of hydrogen-bond acceptors (Lipinski definition) is 8. The van der Waals surface area contributed by atoms with Crippen LogP contribution in [-0.4, -0.2) is 65.6 Å². The van der Waals surface area contributed by atoms with Crippen LogP contribution in [0.4, 0.5) is 10.1 Å². The number of benzene rings is 1. The van der Waals surface area contributed by atoms with E-state index >= 15 is 0 Å². The van der Waals surface area contributed by atoms with Crippen molar-refractivity contribution >= 4 is 38.9 Å². The second-order valence-electron chi connectivity index (χ2n) is 8.84. The number of amides is 2. The third-order valence-electron chi connectivity index (χ3n) is 6.21. The van der Waals surface area contributed by atoms with Crippen LogP contribution in [0.2, 0.25) is 0 Å². The number of sulfonamides is 1. The predicted molar refractivity (Wildman–Crippen MR) is 128 cm³/mol. The van der Waals surface area contributed by atoms with Gasteiger partial charge in [-0.05, 0) is 37.6 Å². The van der Waals surface area contributed by atoms with E-state index in [0.717, 1.165) is 0 Å². The van der Waals surface area contributed by atoms with Gasteiger partial charge in [-0.1, -0.05) is 11.3 Å². The van der Waals surface area contributed by atoms with Gasteiger partial charge >= 0.3 is 0 Å². The molecule has 0 aliphatic carbocycles. The Morgan fingerprint density at radius 1 is 1.25 bits per heavy atom. The van der Waals surface area contributed by atoms with Gasteiger partial charge in [-0.3, -0.25) is 9.59 Å². The first kappa shape index (κ1) is 24.3. The number of anilines is 1. The van der Waals surface area contributed by atoms with Crippen molar-refractivity contribution in [2.24, 2.45) is 13.0 Å². The number of carbonyl (C=O) groups excluding carboxylic acids is 2. The summed E-state index contributed by atoms with van der Waals surface area (Å²) in [5.41, 5.74) is 0.719. The van der Waals surface area contributed by atoms with E-state index in [1.54, 1.807) is 20.9 Å². The highest BCUT2D eigenvalue weighted by Gasteiger charge is 2.43. The maximum Gasteiger partial charge on any atom is 0.284 e. The Hall–Kier alpha value is -3.36. The summed E-state index contributed by atoms with van der Waals surface area (Å²) >= 11 is 1.17. The fourth-order valence-electron chi connectivity index (χ4n) is 4.39. The lowest BCUT2D eigenvalue weighted by molar-refractivity contribution is 0.0781. The highest BCUT2D eigenvalue weighted by molar-refractivity contribution is 7.89. The number of halogens is 1. The van der Waals surface area contributed by atoms with E-state index in [0.29, 0.717) is 16.3 Å². The molecule has 2 aliphatic rings. The van der Waals surface area contributed by atoms with Gasteiger partial charge in [0.15, 0.2) is 11.4 Å². The molecule has 1 saturated heterocycles. The molecule has 0 saturated carbocycles. The van der Waals surface area contributed by atoms with Crippen LogP contribution >= 0.6 is 11.3 Å². The first-order valence-corrected chi connectivity index (χ1v) is 13.3. The third kappa shape index (κ3) is 4.35. The standard InChI is InChI=1S/C22H23FN6O5S2/c1-11-6-14(4-5-15(11)23)24-20(30)18-19-17(9-28(18)3)36(32,33)27-16-8-29(7-13(16)10-34-19)22(31)21-26-25-12(2)35-21/h4-6,9,13,16,27H,7-8,10H2,1-3H3,(H,24,30)/t13-,16-/m1/s1. The highest BCUT2D eigenvalue weighted by atomic mass is 32.2. The Balaban J connectivity index is 1.41. The summed E-state index contributed by atoms with van der Waals surface area (Å²) in [7, 11) is -2.53.